The fraction of sp³-hybridized carbons (Fsp3) is 0.688. The molecule has 128 valence electrons. The van der Waals surface area contributed by atoms with Crippen molar-refractivity contribution in [2.75, 3.05) is 26.3 Å². The monoisotopic (exact) mass is 329 g/mol. The molecule has 1 aliphatic carbocycles. The molecule has 3 rings (SSSR count). The number of imidazole rings is 1. The van der Waals surface area contributed by atoms with Gasteiger partial charge in [0.1, 0.15) is 5.82 Å². The Kier molecular flexibility index (Phi) is 5.06. The van der Waals surface area contributed by atoms with Gasteiger partial charge in [0.25, 0.3) is 0 Å². The van der Waals surface area contributed by atoms with Crippen LogP contribution in [0.1, 0.15) is 18.7 Å². The third-order valence-corrected chi connectivity index (χ3v) is 4.69. The molecular formula is C16H22F3N3O. The molecule has 7 heteroatoms. The minimum atomic E-state index is -4.14. The summed E-state index contributed by atoms with van der Waals surface area (Å²) in [6.45, 7) is 4.10. The average molecular weight is 329 g/mol. The largest absolute Gasteiger partial charge is 0.392 e. The van der Waals surface area contributed by atoms with Crippen LogP contribution in [0.3, 0.4) is 0 Å². The first kappa shape index (κ1) is 16.5. The molecule has 0 amide bonds. The number of ether oxygens (including phenoxy) is 1. The number of halogens is 3. The van der Waals surface area contributed by atoms with E-state index in [-0.39, 0.29) is 6.42 Å². The Bertz CT molecular complexity index is 535. The van der Waals surface area contributed by atoms with Gasteiger partial charge in [-0.25, -0.2) is 4.98 Å². The van der Waals surface area contributed by atoms with E-state index in [1.165, 1.54) is 0 Å². The van der Waals surface area contributed by atoms with Crippen molar-refractivity contribution >= 4 is 0 Å². The van der Waals surface area contributed by atoms with E-state index in [1.807, 2.05) is 10.6 Å². The molecule has 1 aromatic heterocycles. The zero-order valence-corrected chi connectivity index (χ0v) is 13.0. The van der Waals surface area contributed by atoms with Crippen molar-refractivity contribution in [3.05, 3.63) is 30.4 Å². The third kappa shape index (κ3) is 4.14. The molecule has 0 N–H and O–H groups in total. The maximum absolute atomic E-state index is 13.2. The average Bonchev–Trinajstić information content (AvgIpc) is 2.95. The number of alkyl halides is 3. The van der Waals surface area contributed by atoms with Gasteiger partial charge in [0.15, 0.2) is 0 Å². The smallest absolute Gasteiger partial charge is 0.379 e. The molecule has 0 aromatic carbocycles. The Hall–Kier alpha value is -1.34. The van der Waals surface area contributed by atoms with Crippen LogP contribution in [0.2, 0.25) is 0 Å². The van der Waals surface area contributed by atoms with E-state index in [0.717, 1.165) is 18.9 Å². The number of hydrogen-bond acceptors (Lipinski definition) is 3. The van der Waals surface area contributed by atoms with Gasteiger partial charge in [-0.15, -0.1) is 0 Å². The standard InChI is InChI=1S/C16H22F3N3O/c17-16(18,19)14-4-2-1-3-13(14)11-22-6-5-20-15(22)12-21-7-9-23-10-8-21/h1-2,5-6,13-14H,3-4,7-12H2/t13-,14+/m0/s1. The van der Waals surface area contributed by atoms with Crippen LogP contribution in [0.4, 0.5) is 13.2 Å². The van der Waals surface area contributed by atoms with Gasteiger partial charge >= 0.3 is 6.18 Å². The van der Waals surface area contributed by atoms with E-state index >= 15 is 0 Å². The van der Waals surface area contributed by atoms with Crippen molar-refractivity contribution in [2.45, 2.75) is 32.1 Å². The molecule has 1 saturated heterocycles. The summed E-state index contributed by atoms with van der Waals surface area (Å²) in [7, 11) is 0. The van der Waals surface area contributed by atoms with Crippen LogP contribution in [-0.2, 0) is 17.8 Å². The Morgan fingerprint density at radius 3 is 2.65 bits per heavy atom. The maximum Gasteiger partial charge on any atom is 0.392 e. The number of allylic oxidation sites excluding steroid dienone is 2. The number of morpholine rings is 1. The van der Waals surface area contributed by atoms with E-state index < -0.39 is 18.0 Å². The summed E-state index contributed by atoms with van der Waals surface area (Å²) in [6, 6.07) is 0. The second kappa shape index (κ2) is 7.05. The molecule has 2 atom stereocenters. The van der Waals surface area contributed by atoms with E-state index in [4.69, 9.17) is 4.74 Å². The second-order valence-corrected chi connectivity index (χ2v) is 6.24. The lowest BCUT2D eigenvalue weighted by molar-refractivity contribution is -0.190. The van der Waals surface area contributed by atoms with Crippen LogP contribution in [0, 0.1) is 11.8 Å². The lowest BCUT2D eigenvalue weighted by Gasteiger charge is -2.31. The van der Waals surface area contributed by atoms with Crippen molar-refractivity contribution in [1.82, 2.24) is 14.5 Å². The van der Waals surface area contributed by atoms with Gasteiger partial charge in [-0.2, -0.15) is 13.2 Å². The summed E-state index contributed by atoms with van der Waals surface area (Å²) < 4.78 is 46.8. The van der Waals surface area contributed by atoms with Crippen molar-refractivity contribution in [3.63, 3.8) is 0 Å². The third-order valence-electron chi connectivity index (χ3n) is 4.69. The van der Waals surface area contributed by atoms with Crippen molar-refractivity contribution in [2.24, 2.45) is 11.8 Å². The van der Waals surface area contributed by atoms with Crippen molar-refractivity contribution < 1.29 is 17.9 Å². The van der Waals surface area contributed by atoms with Crippen LogP contribution in [0.15, 0.2) is 24.5 Å². The Balaban J connectivity index is 1.67. The van der Waals surface area contributed by atoms with Gasteiger partial charge in [-0.1, -0.05) is 12.2 Å². The van der Waals surface area contributed by atoms with Gasteiger partial charge in [0, 0.05) is 32.0 Å². The molecule has 1 fully saturated rings. The topological polar surface area (TPSA) is 30.3 Å². The van der Waals surface area contributed by atoms with Gasteiger partial charge in [-0.05, 0) is 18.8 Å². The Morgan fingerprint density at radius 1 is 1.17 bits per heavy atom. The predicted octanol–water partition coefficient (Wildman–Crippen LogP) is 2.86. The molecule has 1 aliphatic heterocycles. The highest BCUT2D eigenvalue weighted by atomic mass is 19.4. The number of rotatable bonds is 4. The first-order valence-corrected chi connectivity index (χ1v) is 8.06. The van der Waals surface area contributed by atoms with Gasteiger partial charge < -0.3 is 9.30 Å². The molecule has 23 heavy (non-hydrogen) atoms. The summed E-state index contributed by atoms with van der Waals surface area (Å²) in [4.78, 5) is 6.57. The molecule has 0 saturated carbocycles. The van der Waals surface area contributed by atoms with Crippen molar-refractivity contribution in [1.29, 1.82) is 0 Å². The molecule has 0 bridgehead atoms. The van der Waals surface area contributed by atoms with E-state index in [0.29, 0.717) is 32.7 Å². The fourth-order valence-corrected chi connectivity index (χ4v) is 3.34. The maximum atomic E-state index is 13.2. The molecule has 0 unspecified atom stereocenters. The van der Waals surface area contributed by atoms with E-state index in [1.54, 1.807) is 18.5 Å². The summed E-state index contributed by atoms with van der Waals surface area (Å²) in [5, 5.41) is 0. The predicted molar refractivity (Wildman–Crippen MR) is 79.7 cm³/mol. The highest BCUT2D eigenvalue weighted by Crippen LogP contribution is 2.39. The highest BCUT2D eigenvalue weighted by Gasteiger charge is 2.44. The second-order valence-electron chi connectivity index (χ2n) is 6.24. The van der Waals surface area contributed by atoms with Crippen molar-refractivity contribution in [3.8, 4) is 0 Å². The minimum Gasteiger partial charge on any atom is -0.379 e. The van der Waals surface area contributed by atoms with Crippen LogP contribution in [-0.4, -0.2) is 46.9 Å². The first-order valence-electron chi connectivity index (χ1n) is 8.06. The van der Waals surface area contributed by atoms with Crippen LogP contribution in [0.5, 0.6) is 0 Å². The molecular weight excluding hydrogens is 307 g/mol. The molecule has 0 radical (unpaired) electrons. The van der Waals surface area contributed by atoms with Crippen LogP contribution in [0.25, 0.3) is 0 Å². The zero-order valence-electron chi connectivity index (χ0n) is 13.0. The number of hydrogen-bond donors (Lipinski definition) is 0. The summed E-state index contributed by atoms with van der Waals surface area (Å²) >= 11 is 0. The normalized spacial score (nSPS) is 26.6. The van der Waals surface area contributed by atoms with Gasteiger partial charge in [0.2, 0.25) is 0 Å². The summed E-state index contributed by atoms with van der Waals surface area (Å²) in [6.07, 6.45) is 3.41. The van der Waals surface area contributed by atoms with Gasteiger partial charge in [0.05, 0.1) is 25.7 Å². The first-order chi connectivity index (χ1) is 11.0. The quantitative estimate of drug-likeness (QED) is 0.796. The molecule has 2 aliphatic rings. The Morgan fingerprint density at radius 2 is 1.91 bits per heavy atom. The minimum absolute atomic E-state index is 0.0850. The summed E-state index contributed by atoms with van der Waals surface area (Å²) in [5.41, 5.74) is 0. The molecule has 2 heterocycles. The lowest BCUT2D eigenvalue weighted by Crippen LogP contribution is -2.37. The highest BCUT2D eigenvalue weighted by molar-refractivity contribution is 4.99. The lowest BCUT2D eigenvalue weighted by atomic mass is 9.82. The van der Waals surface area contributed by atoms with E-state index in [2.05, 4.69) is 9.88 Å². The van der Waals surface area contributed by atoms with Crippen LogP contribution >= 0.6 is 0 Å². The van der Waals surface area contributed by atoms with E-state index in [9.17, 15) is 13.2 Å². The Labute approximate surface area is 133 Å². The number of nitrogens with zero attached hydrogens (tertiary/aromatic N) is 3. The molecule has 4 nitrogen and oxygen atoms in total. The summed E-state index contributed by atoms with van der Waals surface area (Å²) in [5.74, 6) is -0.842. The van der Waals surface area contributed by atoms with Gasteiger partial charge in [-0.3, -0.25) is 4.90 Å². The molecule has 1 aromatic rings. The fourth-order valence-electron chi connectivity index (χ4n) is 3.34. The zero-order chi connectivity index (χ0) is 16.3. The van der Waals surface area contributed by atoms with Crippen LogP contribution < -0.4 is 0 Å². The molecule has 0 spiro atoms. The SMILES string of the molecule is FC(F)(F)[C@@H]1CC=CC[C@H]1Cn1ccnc1CN1CCOCC1. The number of aromatic nitrogens is 2.